The lowest BCUT2D eigenvalue weighted by Gasteiger charge is -1.94. The third-order valence-electron chi connectivity index (χ3n) is 1.92. The van der Waals surface area contributed by atoms with E-state index < -0.39 is 0 Å². The first-order valence-corrected chi connectivity index (χ1v) is 3.81. The predicted molar refractivity (Wildman–Crippen MR) is 48.2 cm³/mol. The molecule has 0 spiro atoms. The van der Waals surface area contributed by atoms with Gasteiger partial charge in [0.05, 0.1) is 0 Å². The van der Waals surface area contributed by atoms with Gasteiger partial charge in [-0.15, -0.1) is 0 Å². The van der Waals surface area contributed by atoms with E-state index in [9.17, 15) is 0 Å². The molecule has 0 amide bonds. The highest BCUT2D eigenvalue weighted by atomic mass is 14.1. The topological polar surface area (TPSA) is 0 Å². The molecule has 0 aromatic carbocycles. The lowest BCUT2D eigenvalue weighted by molar-refractivity contribution is 1.31. The van der Waals surface area contributed by atoms with Crippen LogP contribution < -0.4 is 0 Å². The van der Waals surface area contributed by atoms with Crippen LogP contribution in [0.25, 0.3) is 0 Å². The highest BCUT2D eigenvalue weighted by Gasteiger charge is 2.05. The maximum atomic E-state index is 3.95. The molecule has 0 atom stereocenters. The molecular formula is C11H10. The SMILES string of the molecule is C=C1C=C2C=CC=C2C=CC1. The van der Waals surface area contributed by atoms with E-state index in [1.807, 2.05) is 0 Å². The fraction of sp³-hybridized carbons (Fsp3) is 0.0909. The molecule has 54 valence electrons. The van der Waals surface area contributed by atoms with E-state index in [1.165, 1.54) is 16.7 Å². The highest BCUT2D eigenvalue weighted by Crippen LogP contribution is 2.24. The van der Waals surface area contributed by atoms with Crippen LogP contribution in [-0.2, 0) is 0 Å². The van der Waals surface area contributed by atoms with Crippen LogP contribution in [0.4, 0.5) is 0 Å². The van der Waals surface area contributed by atoms with Gasteiger partial charge in [-0.25, -0.2) is 0 Å². The molecule has 2 aliphatic rings. The molecule has 0 N–H and O–H groups in total. The minimum atomic E-state index is 0.981. The Kier molecular flexibility index (Phi) is 1.39. The highest BCUT2D eigenvalue weighted by molar-refractivity contribution is 5.57. The predicted octanol–water partition coefficient (Wildman–Crippen LogP) is 2.93. The summed E-state index contributed by atoms with van der Waals surface area (Å²) in [5.74, 6) is 0. The fourth-order valence-corrected chi connectivity index (χ4v) is 1.35. The number of hydrogen-bond acceptors (Lipinski definition) is 0. The minimum Gasteiger partial charge on any atom is -0.0955 e. The summed E-state index contributed by atoms with van der Waals surface area (Å²) in [6, 6.07) is 0. The van der Waals surface area contributed by atoms with Gasteiger partial charge in [0, 0.05) is 0 Å². The zero-order valence-electron chi connectivity index (χ0n) is 6.38. The summed E-state index contributed by atoms with van der Waals surface area (Å²) >= 11 is 0. The van der Waals surface area contributed by atoms with E-state index >= 15 is 0 Å². The molecule has 0 fully saturated rings. The Labute approximate surface area is 66.9 Å². The van der Waals surface area contributed by atoms with Crippen molar-refractivity contribution in [3.8, 4) is 0 Å². The molecular weight excluding hydrogens is 132 g/mol. The van der Waals surface area contributed by atoms with Crippen molar-refractivity contribution in [2.75, 3.05) is 0 Å². The van der Waals surface area contributed by atoms with Gasteiger partial charge in [-0.3, -0.25) is 0 Å². The van der Waals surface area contributed by atoms with Crippen LogP contribution in [0.2, 0.25) is 0 Å². The monoisotopic (exact) mass is 142 g/mol. The van der Waals surface area contributed by atoms with Gasteiger partial charge in [-0.1, -0.05) is 48.6 Å². The first-order valence-electron chi connectivity index (χ1n) is 3.81. The summed E-state index contributed by atoms with van der Waals surface area (Å²) in [5.41, 5.74) is 3.79. The molecule has 0 nitrogen and oxygen atoms in total. The number of rotatable bonds is 0. The summed E-state index contributed by atoms with van der Waals surface area (Å²) in [6.45, 7) is 3.95. The minimum absolute atomic E-state index is 0.981. The maximum Gasteiger partial charge on any atom is -0.00998 e. The van der Waals surface area contributed by atoms with Crippen LogP contribution in [-0.4, -0.2) is 0 Å². The summed E-state index contributed by atoms with van der Waals surface area (Å²) in [4.78, 5) is 0. The Morgan fingerprint density at radius 2 is 2.09 bits per heavy atom. The lowest BCUT2D eigenvalue weighted by Crippen LogP contribution is -1.75. The second-order valence-electron chi connectivity index (χ2n) is 2.85. The van der Waals surface area contributed by atoms with Crippen LogP contribution in [0.3, 0.4) is 0 Å². The molecule has 2 aliphatic carbocycles. The smallest absolute Gasteiger partial charge is 0.00998 e. The summed E-state index contributed by atoms with van der Waals surface area (Å²) in [7, 11) is 0. The van der Waals surface area contributed by atoms with E-state index in [0.717, 1.165) is 6.42 Å². The van der Waals surface area contributed by atoms with Gasteiger partial charge >= 0.3 is 0 Å². The van der Waals surface area contributed by atoms with Crippen molar-refractivity contribution in [2.24, 2.45) is 0 Å². The van der Waals surface area contributed by atoms with E-state index in [0.29, 0.717) is 0 Å². The largest absolute Gasteiger partial charge is 0.0955 e. The Balaban J connectivity index is 2.47. The van der Waals surface area contributed by atoms with Gasteiger partial charge in [-0.2, -0.15) is 0 Å². The molecule has 0 heteroatoms. The average molecular weight is 142 g/mol. The molecule has 0 aromatic rings. The van der Waals surface area contributed by atoms with Crippen molar-refractivity contribution in [1.82, 2.24) is 0 Å². The molecule has 0 saturated carbocycles. The zero-order chi connectivity index (χ0) is 7.68. The normalized spacial score (nSPS) is 20.9. The van der Waals surface area contributed by atoms with Crippen molar-refractivity contribution in [2.45, 2.75) is 6.42 Å². The molecule has 11 heavy (non-hydrogen) atoms. The molecule has 0 saturated heterocycles. The molecule has 0 aromatic heterocycles. The molecule has 0 aliphatic heterocycles. The van der Waals surface area contributed by atoms with Gasteiger partial charge < -0.3 is 0 Å². The number of allylic oxidation sites excluding steroid dienone is 9. The number of fused-ring (bicyclic) bond motifs is 1. The van der Waals surface area contributed by atoms with Crippen molar-refractivity contribution >= 4 is 0 Å². The summed E-state index contributed by atoms with van der Waals surface area (Å²) < 4.78 is 0. The van der Waals surface area contributed by atoms with Crippen LogP contribution in [0.1, 0.15) is 6.42 Å². The Bertz CT molecular complexity index is 309. The van der Waals surface area contributed by atoms with E-state index in [2.05, 4.69) is 43.0 Å². The van der Waals surface area contributed by atoms with Crippen molar-refractivity contribution < 1.29 is 0 Å². The van der Waals surface area contributed by atoms with Crippen molar-refractivity contribution in [3.05, 3.63) is 59.8 Å². The molecule has 0 radical (unpaired) electrons. The molecule has 0 bridgehead atoms. The third-order valence-corrected chi connectivity index (χ3v) is 1.92. The van der Waals surface area contributed by atoms with E-state index in [1.54, 1.807) is 0 Å². The van der Waals surface area contributed by atoms with Crippen LogP contribution in [0.5, 0.6) is 0 Å². The van der Waals surface area contributed by atoms with Gasteiger partial charge in [0.1, 0.15) is 0 Å². The van der Waals surface area contributed by atoms with Gasteiger partial charge in [0.25, 0.3) is 0 Å². The third kappa shape index (κ3) is 1.12. The zero-order valence-corrected chi connectivity index (χ0v) is 6.38. The first-order chi connectivity index (χ1) is 5.36. The summed E-state index contributed by atoms with van der Waals surface area (Å²) in [6.07, 6.45) is 13.8. The molecule has 0 heterocycles. The lowest BCUT2D eigenvalue weighted by atomic mass is 10.1. The second kappa shape index (κ2) is 2.39. The van der Waals surface area contributed by atoms with Crippen molar-refractivity contribution in [1.29, 1.82) is 0 Å². The average Bonchev–Trinajstić information content (AvgIpc) is 2.31. The summed E-state index contributed by atoms with van der Waals surface area (Å²) in [5, 5.41) is 0. The van der Waals surface area contributed by atoms with Gasteiger partial charge in [0.15, 0.2) is 0 Å². The van der Waals surface area contributed by atoms with E-state index in [-0.39, 0.29) is 0 Å². The molecule has 0 unspecified atom stereocenters. The Hall–Kier alpha value is -1.30. The standard InChI is InChI=1S/C11H10/c1-9-4-2-5-10-6-3-7-11(10)8-9/h2-3,5-8H,1,4H2. The quantitative estimate of drug-likeness (QED) is 0.488. The molecule has 2 rings (SSSR count). The van der Waals surface area contributed by atoms with Crippen LogP contribution in [0, 0.1) is 0 Å². The first kappa shape index (κ1) is 6.41. The van der Waals surface area contributed by atoms with Crippen molar-refractivity contribution in [3.63, 3.8) is 0 Å². The second-order valence-corrected chi connectivity index (χ2v) is 2.85. The van der Waals surface area contributed by atoms with E-state index in [4.69, 9.17) is 0 Å². The fourth-order valence-electron chi connectivity index (χ4n) is 1.35. The number of hydrogen-bond donors (Lipinski definition) is 0. The van der Waals surface area contributed by atoms with Gasteiger partial charge in [0.2, 0.25) is 0 Å². The maximum absolute atomic E-state index is 3.95. The Morgan fingerprint density at radius 3 is 3.00 bits per heavy atom. The van der Waals surface area contributed by atoms with Crippen LogP contribution >= 0.6 is 0 Å². The van der Waals surface area contributed by atoms with Crippen LogP contribution in [0.15, 0.2) is 59.8 Å². The van der Waals surface area contributed by atoms with Gasteiger partial charge in [-0.05, 0) is 17.6 Å². The Morgan fingerprint density at radius 1 is 1.18 bits per heavy atom.